The van der Waals surface area contributed by atoms with Crippen molar-refractivity contribution in [2.24, 2.45) is 0 Å². The first-order chi connectivity index (χ1) is 17.6. The van der Waals surface area contributed by atoms with Crippen LogP contribution in [0.4, 0.5) is 15.3 Å². The van der Waals surface area contributed by atoms with E-state index in [0.29, 0.717) is 12.1 Å². The van der Waals surface area contributed by atoms with E-state index in [1.165, 1.54) is 30.1 Å². The summed E-state index contributed by atoms with van der Waals surface area (Å²) in [5.74, 6) is -2.57. The van der Waals surface area contributed by atoms with E-state index in [1.807, 2.05) is 0 Å². The Labute approximate surface area is 213 Å². The molecule has 12 nitrogen and oxygen atoms in total. The number of hydrogen-bond acceptors (Lipinski definition) is 8. The molecule has 0 bridgehead atoms. The van der Waals surface area contributed by atoms with E-state index in [9.17, 15) is 29.1 Å². The van der Waals surface area contributed by atoms with Gasteiger partial charge in [0.05, 0.1) is 0 Å². The van der Waals surface area contributed by atoms with Crippen molar-refractivity contribution in [3.05, 3.63) is 54.1 Å². The lowest BCUT2D eigenvalue weighted by Gasteiger charge is -2.51. The summed E-state index contributed by atoms with van der Waals surface area (Å²) in [7, 11) is 1.48. The van der Waals surface area contributed by atoms with Crippen molar-refractivity contribution in [1.29, 1.82) is 0 Å². The Morgan fingerprint density at radius 3 is 2.16 bits per heavy atom. The van der Waals surface area contributed by atoms with Crippen molar-refractivity contribution >= 4 is 35.7 Å². The summed E-state index contributed by atoms with van der Waals surface area (Å²) in [6, 6.07) is 11.7. The Balaban J connectivity index is 2.35. The number of carbonyl (C=O) groups excluding carboxylic acids is 4. The summed E-state index contributed by atoms with van der Waals surface area (Å²) in [4.78, 5) is 65.4. The van der Waals surface area contributed by atoms with Gasteiger partial charge in [-0.05, 0) is 43.3 Å². The highest BCUT2D eigenvalue weighted by Gasteiger charge is 2.59. The first-order valence-corrected chi connectivity index (χ1v) is 11.5. The SMILES string of the molecule is CCCN1C(=O)N(c2ccccc2)C(NC)C(NC(=O)O)(c2ccc(OC(C)=O)c(OC(C)=O)c2)C1=O. The standard InChI is InChI=1S/C25H28N4O8/c1-5-13-28-22(32)25(27-23(33)34,21(26-4)29(24(28)35)18-9-7-6-8-10-18)17-11-12-19(36-15(2)30)20(14-17)37-16(3)31/h6-12,14,21,26-27H,5,13H2,1-4H3,(H,33,34). The van der Waals surface area contributed by atoms with Crippen LogP contribution in [0.5, 0.6) is 11.5 Å². The van der Waals surface area contributed by atoms with Crippen molar-refractivity contribution in [2.45, 2.75) is 38.9 Å². The number of rotatable bonds is 8. The fourth-order valence-corrected chi connectivity index (χ4v) is 4.34. The van der Waals surface area contributed by atoms with Gasteiger partial charge in [-0.15, -0.1) is 0 Å². The van der Waals surface area contributed by atoms with Crippen LogP contribution in [0.3, 0.4) is 0 Å². The highest BCUT2D eigenvalue weighted by atomic mass is 16.6. The van der Waals surface area contributed by atoms with E-state index < -0.39 is 41.7 Å². The lowest BCUT2D eigenvalue weighted by Crippen LogP contribution is -2.77. The van der Waals surface area contributed by atoms with Crippen LogP contribution in [0.1, 0.15) is 32.8 Å². The average Bonchev–Trinajstić information content (AvgIpc) is 2.84. The first kappa shape index (κ1) is 27.1. The van der Waals surface area contributed by atoms with Crippen molar-refractivity contribution in [1.82, 2.24) is 15.5 Å². The molecule has 0 saturated carbocycles. The van der Waals surface area contributed by atoms with Crippen molar-refractivity contribution in [3.63, 3.8) is 0 Å². The van der Waals surface area contributed by atoms with E-state index in [4.69, 9.17) is 9.47 Å². The van der Waals surface area contributed by atoms with Gasteiger partial charge in [0, 0.05) is 26.1 Å². The second-order valence-electron chi connectivity index (χ2n) is 8.22. The number of nitrogens with one attached hydrogen (secondary N) is 2. The van der Waals surface area contributed by atoms with Crippen LogP contribution in [-0.2, 0) is 19.9 Å². The lowest BCUT2D eigenvalue weighted by atomic mass is 9.82. The number of benzene rings is 2. The summed E-state index contributed by atoms with van der Waals surface area (Å²) >= 11 is 0. The molecule has 0 aliphatic carbocycles. The minimum atomic E-state index is -2.09. The molecule has 0 spiro atoms. The van der Waals surface area contributed by atoms with Gasteiger partial charge in [0.1, 0.15) is 6.17 Å². The van der Waals surface area contributed by atoms with E-state index in [1.54, 1.807) is 37.3 Å². The van der Waals surface area contributed by atoms with E-state index in [-0.39, 0.29) is 23.6 Å². The molecular formula is C25H28N4O8. The molecule has 12 heteroatoms. The van der Waals surface area contributed by atoms with Gasteiger partial charge in [-0.2, -0.15) is 0 Å². The molecule has 2 aromatic carbocycles. The number of hydrogen-bond donors (Lipinski definition) is 3. The highest BCUT2D eigenvalue weighted by molar-refractivity contribution is 6.11. The number of nitrogens with zero attached hydrogens (tertiary/aromatic N) is 2. The number of ether oxygens (including phenoxy) is 2. The van der Waals surface area contributed by atoms with Crippen molar-refractivity contribution in [3.8, 4) is 11.5 Å². The molecule has 2 aromatic rings. The molecule has 1 aliphatic rings. The number of anilines is 1. The molecule has 1 saturated heterocycles. The minimum Gasteiger partial charge on any atom is -0.465 e. The van der Waals surface area contributed by atoms with Gasteiger partial charge in [0.25, 0.3) is 5.91 Å². The molecular weight excluding hydrogens is 484 g/mol. The molecule has 0 aromatic heterocycles. The highest BCUT2D eigenvalue weighted by Crippen LogP contribution is 2.40. The van der Waals surface area contributed by atoms with E-state index >= 15 is 0 Å². The number of amides is 4. The molecule has 1 aliphatic heterocycles. The van der Waals surface area contributed by atoms with Gasteiger partial charge in [0.15, 0.2) is 17.0 Å². The molecule has 0 radical (unpaired) electrons. The average molecular weight is 513 g/mol. The quantitative estimate of drug-likeness (QED) is 0.357. The Morgan fingerprint density at radius 1 is 1.00 bits per heavy atom. The Morgan fingerprint density at radius 2 is 1.62 bits per heavy atom. The van der Waals surface area contributed by atoms with Gasteiger partial charge in [-0.1, -0.05) is 31.2 Å². The second kappa shape index (κ2) is 11.1. The maximum Gasteiger partial charge on any atom is 0.405 e. The van der Waals surface area contributed by atoms with Gasteiger partial charge >= 0.3 is 24.1 Å². The van der Waals surface area contributed by atoms with Gasteiger partial charge in [0.2, 0.25) is 0 Å². The van der Waals surface area contributed by atoms with Gasteiger partial charge in [-0.3, -0.25) is 34.8 Å². The zero-order chi connectivity index (χ0) is 27.3. The molecule has 2 unspecified atom stereocenters. The number of imide groups is 1. The molecule has 3 rings (SSSR count). The summed E-state index contributed by atoms with van der Waals surface area (Å²) in [6.45, 7) is 4.09. The Bertz CT molecular complexity index is 1220. The largest absolute Gasteiger partial charge is 0.465 e. The number of carbonyl (C=O) groups is 5. The van der Waals surface area contributed by atoms with Crippen LogP contribution in [0.15, 0.2) is 48.5 Å². The van der Waals surface area contributed by atoms with Crippen molar-refractivity contribution < 1.29 is 38.6 Å². The topological polar surface area (TPSA) is 155 Å². The first-order valence-electron chi connectivity index (χ1n) is 11.5. The number of carboxylic acid groups (broad SMARTS) is 1. The van der Waals surface area contributed by atoms with Gasteiger partial charge < -0.3 is 14.6 Å². The number of urea groups is 1. The van der Waals surface area contributed by atoms with Crippen LogP contribution >= 0.6 is 0 Å². The van der Waals surface area contributed by atoms with Crippen LogP contribution in [0.25, 0.3) is 0 Å². The van der Waals surface area contributed by atoms with Crippen LogP contribution < -0.4 is 25.0 Å². The fourth-order valence-electron chi connectivity index (χ4n) is 4.34. The molecule has 1 fully saturated rings. The normalized spacial score (nSPS) is 19.4. The third-order valence-electron chi connectivity index (χ3n) is 5.65. The molecule has 196 valence electrons. The van der Waals surface area contributed by atoms with Crippen molar-refractivity contribution in [2.75, 3.05) is 18.5 Å². The number of esters is 2. The Kier molecular flexibility index (Phi) is 8.13. The number of para-hydroxylation sites is 1. The summed E-state index contributed by atoms with van der Waals surface area (Å²) in [6.07, 6.45) is -2.37. The zero-order valence-corrected chi connectivity index (χ0v) is 20.8. The lowest BCUT2D eigenvalue weighted by molar-refractivity contribution is -0.139. The van der Waals surface area contributed by atoms with Gasteiger partial charge in [-0.25, -0.2) is 9.59 Å². The summed E-state index contributed by atoms with van der Waals surface area (Å²) in [5.41, 5.74) is -1.64. The minimum absolute atomic E-state index is 0.0167. The third kappa shape index (κ3) is 5.23. The van der Waals surface area contributed by atoms with E-state index in [2.05, 4.69) is 10.6 Å². The van der Waals surface area contributed by atoms with Crippen LogP contribution in [0.2, 0.25) is 0 Å². The van der Waals surface area contributed by atoms with Crippen LogP contribution in [-0.4, -0.2) is 59.7 Å². The monoisotopic (exact) mass is 512 g/mol. The fraction of sp³-hybridized carbons (Fsp3) is 0.320. The van der Waals surface area contributed by atoms with E-state index in [0.717, 1.165) is 18.7 Å². The molecule has 1 heterocycles. The molecule has 4 amide bonds. The predicted molar refractivity (Wildman–Crippen MR) is 131 cm³/mol. The molecule has 2 atom stereocenters. The Hall–Kier alpha value is -4.45. The predicted octanol–water partition coefficient (Wildman–Crippen LogP) is 2.42. The molecule has 37 heavy (non-hydrogen) atoms. The number of likely N-dealkylation sites (N-methyl/N-ethyl adjacent to an activating group) is 1. The second-order valence-corrected chi connectivity index (χ2v) is 8.22. The van der Waals surface area contributed by atoms with Crippen LogP contribution in [0, 0.1) is 0 Å². The maximum atomic E-state index is 14.0. The smallest absolute Gasteiger partial charge is 0.405 e. The molecule has 3 N–H and O–H groups in total. The zero-order valence-electron chi connectivity index (χ0n) is 20.8. The summed E-state index contributed by atoms with van der Waals surface area (Å²) in [5, 5.41) is 15.1. The third-order valence-corrected chi connectivity index (χ3v) is 5.65. The summed E-state index contributed by atoms with van der Waals surface area (Å²) < 4.78 is 10.3. The maximum absolute atomic E-state index is 14.0.